The van der Waals surface area contributed by atoms with Crippen molar-refractivity contribution in [3.8, 4) is 0 Å². The van der Waals surface area contributed by atoms with Crippen LogP contribution >= 0.6 is 0 Å². The van der Waals surface area contributed by atoms with Crippen LogP contribution in [0.2, 0.25) is 0 Å². The maximum Gasteiger partial charge on any atom is 0.242 e. The highest BCUT2D eigenvalue weighted by Gasteiger charge is 2.09. The molecule has 0 aliphatic heterocycles. The second-order valence-corrected chi connectivity index (χ2v) is 4.61. The molecule has 112 valence electrons. The Labute approximate surface area is 122 Å². The molecule has 0 fully saturated rings. The van der Waals surface area contributed by atoms with Gasteiger partial charge in [-0.3, -0.25) is 0 Å². The van der Waals surface area contributed by atoms with Gasteiger partial charge in [-0.1, -0.05) is 19.9 Å². The van der Waals surface area contributed by atoms with Gasteiger partial charge in [-0.2, -0.15) is 5.10 Å². The third kappa shape index (κ3) is 3.71. The van der Waals surface area contributed by atoms with Crippen molar-refractivity contribution < 1.29 is 8.78 Å². The van der Waals surface area contributed by atoms with Gasteiger partial charge in [0, 0.05) is 12.1 Å². The van der Waals surface area contributed by atoms with Gasteiger partial charge in [0.25, 0.3) is 0 Å². The van der Waals surface area contributed by atoms with Crippen molar-refractivity contribution in [1.29, 1.82) is 0 Å². The van der Waals surface area contributed by atoms with E-state index in [1.807, 2.05) is 13.8 Å². The second kappa shape index (κ2) is 7.06. The number of nitrogens with zero attached hydrogens (tertiary/aromatic N) is 3. The minimum Gasteiger partial charge on any atom is -0.353 e. The van der Waals surface area contributed by atoms with Gasteiger partial charge in [0.2, 0.25) is 5.95 Å². The zero-order valence-electron chi connectivity index (χ0n) is 12.2. The van der Waals surface area contributed by atoms with Crippen molar-refractivity contribution >= 4 is 5.95 Å². The molecule has 0 aliphatic carbocycles. The maximum atomic E-state index is 13.5. The summed E-state index contributed by atoms with van der Waals surface area (Å²) in [6, 6.07) is 3.86. The van der Waals surface area contributed by atoms with Crippen molar-refractivity contribution in [2.75, 3.05) is 11.9 Å². The number of halogens is 2. The number of aryl methyl sites for hydroxylation is 2. The van der Waals surface area contributed by atoms with E-state index < -0.39 is 11.6 Å². The molecular formula is C15H18F2N4. The Morgan fingerprint density at radius 2 is 1.67 bits per heavy atom. The van der Waals surface area contributed by atoms with Crippen LogP contribution < -0.4 is 5.32 Å². The smallest absolute Gasteiger partial charge is 0.242 e. The molecule has 21 heavy (non-hydrogen) atoms. The Kier molecular flexibility index (Phi) is 5.14. The highest BCUT2D eigenvalue weighted by molar-refractivity contribution is 5.27. The topological polar surface area (TPSA) is 50.7 Å². The van der Waals surface area contributed by atoms with Crippen molar-refractivity contribution in [2.45, 2.75) is 33.1 Å². The number of benzene rings is 1. The molecule has 0 amide bonds. The summed E-state index contributed by atoms with van der Waals surface area (Å²) in [4.78, 5) is 4.37. The molecule has 0 radical (unpaired) electrons. The molecule has 0 bridgehead atoms. The largest absolute Gasteiger partial charge is 0.353 e. The van der Waals surface area contributed by atoms with Crippen molar-refractivity contribution in [3.05, 3.63) is 46.8 Å². The third-order valence-corrected chi connectivity index (χ3v) is 3.23. The lowest BCUT2D eigenvalue weighted by atomic mass is 10.1. The Bertz CT molecular complexity index is 596. The number of rotatable bonds is 6. The van der Waals surface area contributed by atoms with E-state index in [4.69, 9.17) is 0 Å². The first-order chi connectivity index (χ1) is 10.2. The highest BCUT2D eigenvalue weighted by Crippen LogP contribution is 2.13. The molecule has 4 nitrogen and oxygen atoms in total. The Hall–Kier alpha value is -2.11. The fourth-order valence-electron chi connectivity index (χ4n) is 2.08. The quantitative estimate of drug-likeness (QED) is 0.889. The lowest BCUT2D eigenvalue weighted by Crippen LogP contribution is -2.13. The van der Waals surface area contributed by atoms with Crippen LogP contribution in [0.5, 0.6) is 0 Å². The van der Waals surface area contributed by atoms with Crippen molar-refractivity contribution in [2.24, 2.45) is 0 Å². The van der Waals surface area contributed by atoms with Crippen LogP contribution in [-0.2, 0) is 19.3 Å². The fourth-order valence-corrected chi connectivity index (χ4v) is 2.08. The van der Waals surface area contributed by atoms with Crippen LogP contribution in [-0.4, -0.2) is 21.7 Å². The van der Waals surface area contributed by atoms with Gasteiger partial charge in [0.05, 0.1) is 11.4 Å². The van der Waals surface area contributed by atoms with Crippen LogP contribution in [0.25, 0.3) is 0 Å². The van der Waals surface area contributed by atoms with Crippen LogP contribution in [0.1, 0.15) is 30.8 Å². The molecule has 0 saturated carbocycles. The molecule has 0 aliphatic rings. The molecule has 6 heteroatoms. The Balaban J connectivity index is 2.00. The fraction of sp³-hybridized carbons (Fsp3) is 0.400. The Morgan fingerprint density at radius 1 is 1.00 bits per heavy atom. The van der Waals surface area contributed by atoms with E-state index in [-0.39, 0.29) is 12.0 Å². The summed E-state index contributed by atoms with van der Waals surface area (Å²) >= 11 is 0. The first-order valence-corrected chi connectivity index (χ1v) is 7.04. The standard InChI is InChI=1S/C15H18F2N4/c1-3-13-14(4-2)20-21-15(19-13)18-9-8-10-11(16)6-5-7-12(10)17/h5-7H,3-4,8-9H2,1-2H3,(H,18,19,21). The third-order valence-electron chi connectivity index (χ3n) is 3.23. The van der Waals surface area contributed by atoms with Crippen LogP contribution in [0.15, 0.2) is 18.2 Å². The van der Waals surface area contributed by atoms with E-state index in [1.54, 1.807) is 0 Å². The number of aromatic nitrogens is 3. The van der Waals surface area contributed by atoms with Gasteiger partial charge in [0.1, 0.15) is 11.6 Å². The molecule has 1 N–H and O–H groups in total. The summed E-state index contributed by atoms with van der Waals surface area (Å²) < 4.78 is 27.0. The lowest BCUT2D eigenvalue weighted by molar-refractivity contribution is 0.557. The van der Waals surface area contributed by atoms with Crippen molar-refractivity contribution in [1.82, 2.24) is 15.2 Å². The molecule has 0 saturated heterocycles. The number of hydrogen-bond donors (Lipinski definition) is 1. The van der Waals surface area contributed by atoms with E-state index >= 15 is 0 Å². The monoisotopic (exact) mass is 292 g/mol. The maximum absolute atomic E-state index is 13.5. The summed E-state index contributed by atoms with van der Waals surface area (Å²) in [5, 5.41) is 11.0. The minimum absolute atomic E-state index is 0.0684. The molecule has 1 heterocycles. The van der Waals surface area contributed by atoms with E-state index in [0.717, 1.165) is 24.2 Å². The molecule has 1 aromatic heterocycles. The van der Waals surface area contributed by atoms with Crippen LogP contribution in [0.4, 0.5) is 14.7 Å². The van der Waals surface area contributed by atoms with Crippen molar-refractivity contribution in [3.63, 3.8) is 0 Å². The molecule has 1 aromatic carbocycles. The predicted molar refractivity (Wildman–Crippen MR) is 77.1 cm³/mol. The van der Waals surface area contributed by atoms with E-state index in [1.165, 1.54) is 18.2 Å². The number of hydrogen-bond acceptors (Lipinski definition) is 4. The zero-order chi connectivity index (χ0) is 15.2. The van der Waals surface area contributed by atoms with Crippen LogP contribution in [0, 0.1) is 11.6 Å². The van der Waals surface area contributed by atoms with Gasteiger partial charge >= 0.3 is 0 Å². The first kappa shape index (κ1) is 15.3. The Morgan fingerprint density at radius 3 is 2.29 bits per heavy atom. The van der Waals surface area contributed by atoms with Crippen LogP contribution in [0.3, 0.4) is 0 Å². The SMILES string of the molecule is CCc1nnc(NCCc2c(F)cccc2F)nc1CC. The summed E-state index contributed by atoms with van der Waals surface area (Å²) in [7, 11) is 0. The van der Waals surface area contributed by atoms with Gasteiger partial charge in [-0.15, -0.1) is 5.10 Å². The minimum atomic E-state index is -0.536. The lowest BCUT2D eigenvalue weighted by Gasteiger charge is -2.08. The second-order valence-electron chi connectivity index (χ2n) is 4.61. The first-order valence-electron chi connectivity index (χ1n) is 7.04. The van der Waals surface area contributed by atoms with E-state index in [0.29, 0.717) is 12.5 Å². The van der Waals surface area contributed by atoms with Gasteiger partial charge in [-0.05, 0) is 31.4 Å². The average Bonchev–Trinajstić information content (AvgIpc) is 2.50. The molecule has 0 unspecified atom stereocenters. The molecule has 0 atom stereocenters. The summed E-state index contributed by atoms with van der Waals surface area (Å²) in [5.41, 5.74) is 1.84. The summed E-state index contributed by atoms with van der Waals surface area (Å²) in [6.45, 7) is 4.34. The summed E-state index contributed by atoms with van der Waals surface area (Å²) in [5.74, 6) is -0.682. The van der Waals surface area contributed by atoms with Gasteiger partial charge in [0.15, 0.2) is 0 Å². The number of nitrogens with one attached hydrogen (secondary N) is 1. The number of anilines is 1. The summed E-state index contributed by atoms with van der Waals surface area (Å²) in [6.07, 6.45) is 1.78. The molecule has 0 spiro atoms. The van der Waals surface area contributed by atoms with Gasteiger partial charge < -0.3 is 5.32 Å². The normalized spacial score (nSPS) is 10.7. The average molecular weight is 292 g/mol. The zero-order valence-corrected chi connectivity index (χ0v) is 12.2. The van der Waals surface area contributed by atoms with Gasteiger partial charge in [-0.25, -0.2) is 13.8 Å². The van der Waals surface area contributed by atoms with E-state index in [9.17, 15) is 8.78 Å². The molecule has 2 rings (SSSR count). The predicted octanol–water partition coefficient (Wildman–Crippen LogP) is 2.93. The highest BCUT2D eigenvalue weighted by atomic mass is 19.1. The van der Waals surface area contributed by atoms with E-state index in [2.05, 4.69) is 20.5 Å². The molecule has 2 aromatic rings. The molecular weight excluding hydrogens is 274 g/mol.